The topological polar surface area (TPSA) is 265 Å². The summed E-state index contributed by atoms with van der Waals surface area (Å²) in [4.78, 5) is 33.0. The van der Waals surface area contributed by atoms with Crippen LogP contribution in [0.15, 0.2) is 0 Å². The zero-order chi connectivity index (χ0) is 14.3. The van der Waals surface area contributed by atoms with Crippen molar-refractivity contribution in [2.24, 2.45) is 0 Å². The first-order valence-electron chi connectivity index (χ1n) is 2.19. The number of hydrogen-bond acceptors (Lipinski definition) is 12. The third kappa shape index (κ3) is 348. The van der Waals surface area contributed by atoms with E-state index in [-0.39, 0.29) is 26.2 Å². The average Bonchev–Trinajstić information content (AvgIpc) is 1.76. The SMILES string of the molecule is O=[N+]([O-])[O-].O=[N+]([O-])[O-].O=[N+]([O-])[O-].O=[N+]([O-])[O-].[Zr]. The van der Waals surface area contributed by atoms with Crippen molar-refractivity contribution in [1.82, 2.24) is 0 Å². The number of hydrogen-bond donors (Lipinski definition) is 0. The molecular weight excluding hydrogens is 339 g/mol. The Bertz CT molecular complexity index is 159. The van der Waals surface area contributed by atoms with Gasteiger partial charge in [-0.15, -0.1) is 0 Å². The van der Waals surface area contributed by atoms with E-state index in [9.17, 15) is 0 Å². The summed E-state index contributed by atoms with van der Waals surface area (Å²) in [7, 11) is 0. The summed E-state index contributed by atoms with van der Waals surface area (Å²) < 4.78 is 0. The number of nitrogens with zero attached hydrogens (tertiary/aromatic N) is 4. The van der Waals surface area contributed by atoms with Gasteiger partial charge in [0, 0.05) is 26.2 Å². The van der Waals surface area contributed by atoms with E-state index in [0.29, 0.717) is 0 Å². The second-order valence-electron chi connectivity index (χ2n) is 0.894. The molecule has 0 aromatic heterocycles. The van der Waals surface area contributed by atoms with Gasteiger partial charge in [-0.25, -0.2) is 0 Å². The maximum absolute atomic E-state index is 8.25. The van der Waals surface area contributed by atoms with Crippen LogP contribution in [0.2, 0.25) is 0 Å². The molecule has 0 rings (SSSR count). The molecule has 17 heavy (non-hydrogen) atoms. The van der Waals surface area contributed by atoms with Crippen molar-refractivity contribution in [1.29, 1.82) is 0 Å². The van der Waals surface area contributed by atoms with E-state index in [1.54, 1.807) is 0 Å². The fraction of sp³-hybridized carbons (Fsp3) is 0. The van der Waals surface area contributed by atoms with Crippen molar-refractivity contribution in [3.05, 3.63) is 61.3 Å². The van der Waals surface area contributed by atoms with Crippen LogP contribution in [0.5, 0.6) is 0 Å². The maximum atomic E-state index is 8.25. The van der Waals surface area contributed by atoms with E-state index in [0.717, 1.165) is 0 Å². The molecule has 0 aromatic rings. The molecule has 0 spiro atoms. The van der Waals surface area contributed by atoms with Crippen molar-refractivity contribution < 1.29 is 46.5 Å². The van der Waals surface area contributed by atoms with Crippen molar-refractivity contribution >= 4 is 0 Å². The molecule has 0 aromatic carbocycles. The summed E-state index contributed by atoms with van der Waals surface area (Å²) in [5.41, 5.74) is 0. The Morgan fingerprint density at radius 2 is 0.412 bits per heavy atom. The minimum atomic E-state index is -1.75. The van der Waals surface area contributed by atoms with Gasteiger partial charge in [0.25, 0.3) is 0 Å². The first kappa shape index (κ1) is 29.3. The van der Waals surface area contributed by atoms with Gasteiger partial charge in [-0.05, 0) is 0 Å². The summed E-state index contributed by atoms with van der Waals surface area (Å²) in [5, 5.41) is 59.0. The Kier molecular flexibility index (Phi) is 40.5. The quantitative estimate of drug-likeness (QED) is 0.381. The summed E-state index contributed by atoms with van der Waals surface area (Å²) in [6.07, 6.45) is 0. The van der Waals surface area contributed by atoms with E-state index in [1.165, 1.54) is 0 Å². The molecule has 0 saturated heterocycles. The van der Waals surface area contributed by atoms with Gasteiger partial charge in [0.15, 0.2) is 0 Å². The molecule has 0 N–H and O–H groups in total. The molecule has 0 heterocycles. The normalized spacial score (nSPS) is 5.65. The van der Waals surface area contributed by atoms with Crippen LogP contribution in [0.25, 0.3) is 0 Å². The summed E-state index contributed by atoms with van der Waals surface area (Å²) in [6.45, 7) is 0. The summed E-state index contributed by atoms with van der Waals surface area (Å²) in [6, 6.07) is 0. The molecule has 0 amide bonds. The van der Waals surface area contributed by atoms with Gasteiger partial charge in [0.05, 0.1) is 20.3 Å². The van der Waals surface area contributed by atoms with Crippen LogP contribution < -0.4 is 0 Å². The molecule has 0 aliphatic carbocycles. The van der Waals surface area contributed by atoms with Crippen LogP contribution >= 0.6 is 0 Å². The number of rotatable bonds is 0. The van der Waals surface area contributed by atoms with Crippen LogP contribution in [0, 0.1) is 61.3 Å². The monoisotopic (exact) mass is 338 g/mol. The van der Waals surface area contributed by atoms with Crippen molar-refractivity contribution in [2.45, 2.75) is 0 Å². The molecule has 0 unspecified atom stereocenters. The predicted octanol–water partition coefficient (Wildman–Crippen LogP) is -0.959. The Hall–Kier alpha value is -2.32. The molecule has 0 bridgehead atoms. The average molecular weight is 339 g/mol. The smallest absolute Gasteiger partial charge is 0.0689 e. The van der Waals surface area contributed by atoms with Crippen molar-refractivity contribution in [3.63, 3.8) is 0 Å². The zero-order valence-electron chi connectivity index (χ0n) is 7.19. The molecule has 0 saturated carbocycles. The Balaban J connectivity index is -0.0000000369. The summed E-state index contributed by atoms with van der Waals surface area (Å²) in [5.74, 6) is 0. The van der Waals surface area contributed by atoms with Crippen LogP contribution in [-0.2, 0) is 26.2 Å². The van der Waals surface area contributed by atoms with E-state index in [2.05, 4.69) is 0 Å². The molecule has 100 valence electrons. The van der Waals surface area contributed by atoms with Crippen LogP contribution in [0.4, 0.5) is 0 Å². The summed E-state index contributed by atoms with van der Waals surface area (Å²) >= 11 is 0. The van der Waals surface area contributed by atoms with Gasteiger partial charge >= 0.3 is 0 Å². The second-order valence-corrected chi connectivity index (χ2v) is 0.894. The van der Waals surface area contributed by atoms with Crippen molar-refractivity contribution in [2.75, 3.05) is 0 Å². The second kappa shape index (κ2) is 23.5. The van der Waals surface area contributed by atoms with Gasteiger partial charge in [-0.2, -0.15) is 0 Å². The molecule has 0 aliphatic rings. The van der Waals surface area contributed by atoms with E-state index < -0.39 is 20.3 Å². The van der Waals surface area contributed by atoms with Crippen LogP contribution in [-0.4, -0.2) is 20.3 Å². The molecular formula is N4O12Zr-4. The van der Waals surface area contributed by atoms with Crippen LogP contribution in [0.1, 0.15) is 0 Å². The first-order valence-corrected chi connectivity index (χ1v) is 2.19. The standard InChI is InChI=1S/4NO3.Zr/c4*2-1(3)4;/q4*-1;. The van der Waals surface area contributed by atoms with Crippen molar-refractivity contribution in [3.8, 4) is 0 Å². The van der Waals surface area contributed by atoms with Gasteiger partial charge in [0.2, 0.25) is 0 Å². The molecule has 0 atom stereocenters. The van der Waals surface area contributed by atoms with Gasteiger partial charge in [-0.1, -0.05) is 0 Å². The Labute approximate surface area is 108 Å². The Morgan fingerprint density at radius 3 is 0.412 bits per heavy atom. The molecule has 16 nitrogen and oxygen atoms in total. The predicted molar refractivity (Wildman–Crippen MR) is 41.4 cm³/mol. The first-order chi connectivity index (χ1) is 6.93. The third-order valence-electron chi connectivity index (χ3n) is 0. The maximum Gasteiger partial charge on any atom is 0.0689 e. The molecule has 0 aliphatic heterocycles. The van der Waals surface area contributed by atoms with Gasteiger partial charge in [0.1, 0.15) is 0 Å². The minimum Gasteiger partial charge on any atom is -0.356 e. The minimum absolute atomic E-state index is 0. The Morgan fingerprint density at radius 1 is 0.412 bits per heavy atom. The van der Waals surface area contributed by atoms with Crippen LogP contribution in [0.3, 0.4) is 0 Å². The van der Waals surface area contributed by atoms with E-state index >= 15 is 0 Å². The zero-order valence-corrected chi connectivity index (χ0v) is 9.65. The fourth-order valence-corrected chi connectivity index (χ4v) is 0. The van der Waals surface area contributed by atoms with E-state index in [1.807, 2.05) is 0 Å². The molecule has 0 fully saturated rings. The fourth-order valence-electron chi connectivity index (χ4n) is 0. The largest absolute Gasteiger partial charge is 0.356 e. The molecule has 17 heteroatoms. The van der Waals surface area contributed by atoms with Gasteiger partial charge in [-0.3, -0.25) is 0 Å². The molecule has 0 radical (unpaired) electrons. The van der Waals surface area contributed by atoms with E-state index in [4.69, 9.17) is 61.3 Å². The van der Waals surface area contributed by atoms with Gasteiger partial charge < -0.3 is 61.3 Å². The third-order valence-corrected chi connectivity index (χ3v) is 0.